The lowest BCUT2D eigenvalue weighted by molar-refractivity contribution is -0.137. The number of ether oxygens (including phenoxy) is 1. The van der Waals surface area contributed by atoms with Gasteiger partial charge in [0.2, 0.25) is 0 Å². The number of nitrogens with zero attached hydrogens (tertiary/aromatic N) is 2. The van der Waals surface area contributed by atoms with E-state index in [0.717, 1.165) is 30.6 Å². The second-order valence-corrected chi connectivity index (χ2v) is 8.25. The summed E-state index contributed by atoms with van der Waals surface area (Å²) in [4.78, 5) is 12.0. The van der Waals surface area contributed by atoms with Crippen LogP contribution in [-0.2, 0) is 6.18 Å². The summed E-state index contributed by atoms with van der Waals surface area (Å²) in [5.41, 5.74) is 2.89. The van der Waals surface area contributed by atoms with Crippen molar-refractivity contribution >= 4 is 11.0 Å². The molecule has 0 saturated carbocycles. The second kappa shape index (κ2) is 7.63. The van der Waals surface area contributed by atoms with E-state index in [1.54, 1.807) is 36.8 Å². The van der Waals surface area contributed by atoms with Crippen LogP contribution in [-0.4, -0.2) is 33.6 Å². The minimum Gasteiger partial charge on any atom is -0.489 e. The van der Waals surface area contributed by atoms with Crippen molar-refractivity contribution < 1.29 is 17.9 Å². The fourth-order valence-electron chi connectivity index (χ4n) is 3.97. The van der Waals surface area contributed by atoms with Crippen molar-refractivity contribution in [3.05, 3.63) is 66.6 Å². The van der Waals surface area contributed by atoms with E-state index in [9.17, 15) is 13.2 Å². The topological polar surface area (TPSA) is 62.8 Å². The summed E-state index contributed by atoms with van der Waals surface area (Å²) in [6.45, 7) is 3.50. The maximum Gasteiger partial charge on any atom is 0.416 e. The molecule has 2 N–H and O–H groups in total. The van der Waals surface area contributed by atoms with Gasteiger partial charge in [-0.15, -0.1) is 0 Å². The van der Waals surface area contributed by atoms with Gasteiger partial charge in [-0.2, -0.15) is 13.2 Å². The van der Waals surface area contributed by atoms with Gasteiger partial charge in [0.05, 0.1) is 34.0 Å². The summed E-state index contributed by atoms with van der Waals surface area (Å²) < 4.78 is 46.3. The average Bonchev–Trinajstić information content (AvgIpc) is 3.15. The summed E-state index contributed by atoms with van der Waals surface area (Å²) in [5.74, 6) is 0.558. The molecule has 1 aliphatic rings. The smallest absolute Gasteiger partial charge is 0.416 e. The highest BCUT2D eigenvalue weighted by Crippen LogP contribution is 2.42. The fraction of sp³-hybridized carbons (Fsp3) is 0.250. The Hall–Kier alpha value is -3.39. The Balaban J connectivity index is 1.65. The van der Waals surface area contributed by atoms with Crippen molar-refractivity contribution in [1.82, 2.24) is 20.3 Å². The number of hydrogen-bond acceptors (Lipinski definition) is 4. The number of rotatable bonds is 5. The van der Waals surface area contributed by atoms with E-state index in [-0.39, 0.29) is 5.54 Å². The Morgan fingerprint density at radius 1 is 1.12 bits per heavy atom. The number of H-pyrrole nitrogens is 1. The van der Waals surface area contributed by atoms with Crippen LogP contribution in [0.15, 0.2) is 61.1 Å². The zero-order valence-electron chi connectivity index (χ0n) is 17.3. The zero-order chi connectivity index (χ0) is 22.3. The van der Waals surface area contributed by atoms with Gasteiger partial charge in [0.25, 0.3) is 0 Å². The summed E-state index contributed by atoms with van der Waals surface area (Å²) in [5, 5.41) is 3.36. The van der Waals surface area contributed by atoms with Gasteiger partial charge >= 0.3 is 6.18 Å². The largest absolute Gasteiger partial charge is 0.489 e. The molecule has 1 unspecified atom stereocenters. The third kappa shape index (κ3) is 3.71. The van der Waals surface area contributed by atoms with Gasteiger partial charge in [-0.05, 0) is 55.8 Å². The third-order valence-electron chi connectivity index (χ3n) is 5.86. The number of pyridine rings is 2. The first-order valence-corrected chi connectivity index (χ1v) is 10.3. The molecule has 164 valence electrons. The zero-order valence-corrected chi connectivity index (χ0v) is 17.3. The Bertz CT molecular complexity index is 1280. The van der Waals surface area contributed by atoms with Crippen LogP contribution in [0.5, 0.6) is 5.75 Å². The molecular weight excluding hydrogens is 417 g/mol. The standard InChI is InChI=1S/C24H21F3N4O/c1-23(8-11-30-23)14-32-19-13-28-10-7-17(19)21-20(22-18(31-21)6-3-9-29-22)15-4-2-5-16(12-15)24(25,26)27/h2-7,9-10,12-13,30-31H,8,11,14H2,1H3. The van der Waals surface area contributed by atoms with Crippen LogP contribution in [0.2, 0.25) is 0 Å². The number of benzene rings is 1. The Morgan fingerprint density at radius 2 is 1.97 bits per heavy atom. The molecule has 1 atom stereocenters. The van der Waals surface area contributed by atoms with Crippen LogP contribution in [0.25, 0.3) is 33.4 Å². The number of hydrogen-bond donors (Lipinski definition) is 2. The van der Waals surface area contributed by atoms with Gasteiger partial charge in [-0.1, -0.05) is 12.1 Å². The lowest BCUT2D eigenvalue weighted by atomic mass is 9.91. The summed E-state index contributed by atoms with van der Waals surface area (Å²) in [7, 11) is 0. The van der Waals surface area contributed by atoms with Crippen LogP contribution in [0.1, 0.15) is 18.9 Å². The maximum atomic E-state index is 13.4. The number of nitrogens with one attached hydrogen (secondary N) is 2. The molecule has 1 aliphatic heterocycles. The predicted octanol–water partition coefficient (Wildman–Crippen LogP) is 5.44. The third-order valence-corrected chi connectivity index (χ3v) is 5.86. The van der Waals surface area contributed by atoms with Crippen molar-refractivity contribution in [2.24, 2.45) is 0 Å². The van der Waals surface area contributed by atoms with E-state index in [4.69, 9.17) is 4.74 Å². The molecule has 5 rings (SSSR count). The van der Waals surface area contributed by atoms with Gasteiger partial charge in [-0.3, -0.25) is 9.97 Å². The lowest BCUT2D eigenvalue weighted by Crippen LogP contribution is -2.58. The Labute approximate surface area is 182 Å². The van der Waals surface area contributed by atoms with Crippen LogP contribution in [0, 0.1) is 0 Å². The summed E-state index contributed by atoms with van der Waals surface area (Å²) >= 11 is 0. The van der Waals surface area contributed by atoms with E-state index in [1.807, 2.05) is 6.07 Å². The SMILES string of the molecule is CC1(COc2cnccc2-c2[nH]c3cccnc3c2-c2cccc(C(F)(F)F)c2)CCN1. The van der Waals surface area contributed by atoms with Crippen molar-refractivity contribution in [1.29, 1.82) is 0 Å². The van der Waals surface area contributed by atoms with Crippen LogP contribution < -0.4 is 10.1 Å². The Morgan fingerprint density at radius 3 is 2.72 bits per heavy atom. The average molecular weight is 438 g/mol. The van der Waals surface area contributed by atoms with Crippen molar-refractivity contribution in [3.8, 4) is 28.1 Å². The second-order valence-electron chi connectivity index (χ2n) is 8.25. The van der Waals surface area contributed by atoms with Gasteiger partial charge in [-0.25, -0.2) is 0 Å². The van der Waals surface area contributed by atoms with E-state index in [2.05, 4.69) is 27.2 Å². The number of aromatic nitrogens is 3. The molecule has 0 radical (unpaired) electrons. The molecule has 0 bridgehead atoms. The minimum atomic E-state index is -4.44. The number of alkyl halides is 3. The molecule has 32 heavy (non-hydrogen) atoms. The maximum absolute atomic E-state index is 13.4. The number of fused-ring (bicyclic) bond motifs is 1. The molecule has 0 amide bonds. The molecule has 1 aromatic carbocycles. The highest BCUT2D eigenvalue weighted by atomic mass is 19.4. The molecule has 4 aromatic rings. The number of halogens is 3. The first-order valence-electron chi connectivity index (χ1n) is 10.3. The van der Waals surface area contributed by atoms with Crippen LogP contribution in [0.3, 0.4) is 0 Å². The first kappa shape index (κ1) is 20.5. The van der Waals surface area contributed by atoms with Gasteiger partial charge < -0.3 is 15.0 Å². The molecule has 8 heteroatoms. The monoisotopic (exact) mass is 438 g/mol. The quantitative estimate of drug-likeness (QED) is 0.436. The molecule has 5 nitrogen and oxygen atoms in total. The molecule has 0 aliphatic carbocycles. The lowest BCUT2D eigenvalue weighted by Gasteiger charge is -2.39. The molecule has 4 heterocycles. The van der Waals surface area contributed by atoms with Gasteiger partial charge in [0.1, 0.15) is 12.4 Å². The number of aromatic amines is 1. The van der Waals surface area contributed by atoms with E-state index >= 15 is 0 Å². The molecule has 1 fully saturated rings. The van der Waals surface area contributed by atoms with Gasteiger partial charge in [0.15, 0.2) is 0 Å². The molecule has 1 saturated heterocycles. The van der Waals surface area contributed by atoms with E-state index in [1.165, 1.54) is 6.07 Å². The van der Waals surface area contributed by atoms with Crippen LogP contribution in [0.4, 0.5) is 13.2 Å². The fourth-order valence-corrected chi connectivity index (χ4v) is 3.97. The highest BCUT2D eigenvalue weighted by Gasteiger charge is 2.33. The minimum absolute atomic E-state index is 0.0982. The van der Waals surface area contributed by atoms with Crippen LogP contribution >= 0.6 is 0 Å². The predicted molar refractivity (Wildman–Crippen MR) is 116 cm³/mol. The summed E-state index contributed by atoms with van der Waals surface area (Å²) in [6, 6.07) is 10.7. The molecular formula is C24H21F3N4O. The van der Waals surface area contributed by atoms with Gasteiger partial charge in [0, 0.05) is 23.5 Å². The molecule has 3 aromatic heterocycles. The summed E-state index contributed by atoms with van der Waals surface area (Å²) in [6.07, 6.45) is 1.47. The normalized spacial score (nSPS) is 18.5. The van der Waals surface area contributed by atoms with E-state index in [0.29, 0.717) is 40.3 Å². The van der Waals surface area contributed by atoms with E-state index < -0.39 is 11.7 Å². The first-order chi connectivity index (χ1) is 15.3. The van der Waals surface area contributed by atoms with Crippen molar-refractivity contribution in [3.63, 3.8) is 0 Å². The van der Waals surface area contributed by atoms with Crippen molar-refractivity contribution in [2.75, 3.05) is 13.2 Å². The molecule has 0 spiro atoms. The van der Waals surface area contributed by atoms with Crippen molar-refractivity contribution in [2.45, 2.75) is 25.1 Å². The highest BCUT2D eigenvalue weighted by molar-refractivity contribution is 6.02. The Kier molecular flexibility index (Phi) is 4.89.